The van der Waals surface area contributed by atoms with E-state index in [9.17, 15) is 18.0 Å². The molecule has 2 rings (SSSR count). The molecule has 27 heavy (non-hydrogen) atoms. The van der Waals surface area contributed by atoms with Gasteiger partial charge in [-0.05, 0) is 30.2 Å². The first kappa shape index (κ1) is 21.8. The minimum Gasteiger partial charge on any atom is -0.454 e. The van der Waals surface area contributed by atoms with Crippen LogP contribution in [0.4, 0.5) is 0 Å². The fourth-order valence-electron chi connectivity index (χ4n) is 2.91. The standard InChI is InChI=1S/C18H28N2O5S2/c1-14(2)17(19-27(23,24)16-9-8-12-26-16)18(22)25-13-15(21)20-10-6-4-3-5-7-11-20/h8-9,12,14,17,19H,3-7,10-11,13H2,1-2H3/t17-/m1/s1. The van der Waals surface area contributed by atoms with Crippen molar-refractivity contribution in [1.82, 2.24) is 9.62 Å². The van der Waals surface area contributed by atoms with Crippen LogP contribution in [0, 0.1) is 5.92 Å². The zero-order chi connectivity index (χ0) is 19.9. The summed E-state index contributed by atoms with van der Waals surface area (Å²) in [6, 6.07) is 2.06. The molecule has 1 aromatic rings. The van der Waals surface area contributed by atoms with Crippen molar-refractivity contribution in [2.45, 2.75) is 56.2 Å². The van der Waals surface area contributed by atoms with E-state index in [4.69, 9.17) is 4.74 Å². The lowest BCUT2D eigenvalue weighted by molar-refractivity contribution is -0.154. The van der Waals surface area contributed by atoms with E-state index in [2.05, 4.69) is 4.72 Å². The molecule has 0 spiro atoms. The molecule has 0 aromatic carbocycles. The summed E-state index contributed by atoms with van der Waals surface area (Å²) in [4.78, 5) is 26.5. The molecule has 0 aliphatic carbocycles. The van der Waals surface area contributed by atoms with Crippen molar-refractivity contribution < 1.29 is 22.7 Å². The second kappa shape index (κ2) is 10.2. The number of nitrogens with zero attached hydrogens (tertiary/aromatic N) is 1. The number of likely N-dealkylation sites (tertiary alicyclic amines) is 1. The Hall–Kier alpha value is -1.45. The molecule has 2 heterocycles. The van der Waals surface area contributed by atoms with Gasteiger partial charge in [0.1, 0.15) is 10.3 Å². The molecule has 0 bridgehead atoms. The van der Waals surface area contributed by atoms with Crippen molar-refractivity contribution in [2.24, 2.45) is 5.92 Å². The average Bonchev–Trinajstić information content (AvgIpc) is 3.12. The van der Waals surface area contributed by atoms with Gasteiger partial charge in [-0.2, -0.15) is 4.72 Å². The molecule has 1 aliphatic heterocycles. The van der Waals surface area contributed by atoms with Crippen LogP contribution in [0.1, 0.15) is 46.0 Å². The third-order valence-corrected chi connectivity index (χ3v) is 7.35. The predicted octanol–water partition coefficient (Wildman–Crippen LogP) is 2.39. The Bertz CT molecular complexity index is 708. The molecule has 1 saturated heterocycles. The van der Waals surface area contributed by atoms with Gasteiger partial charge < -0.3 is 9.64 Å². The Morgan fingerprint density at radius 3 is 2.37 bits per heavy atom. The monoisotopic (exact) mass is 416 g/mol. The minimum atomic E-state index is -3.80. The molecule has 1 fully saturated rings. The van der Waals surface area contributed by atoms with Gasteiger partial charge in [0.2, 0.25) is 0 Å². The first-order chi connectivity index (χ1) is 12.8. The van der Waals surface area contributed by atoms with E-state index < -0.39 is 22.0 Å². The smallest absolute Gasteiger partial charge is 0.324 e. The first-order valence-corrected chi connectivity index (χ1v) is 11.7. The maximum atomic E-state index is 12.4. The molecule has 0 saturated carbocycles. The summed E-state index contributed by atoms with van der Waals surface area (Å²) in [5, 5.41) is 1.65. The lowest BCUT2D eigenvalue weighted by Crippen LogP contribution is -2.46. The van der Waals surface area contributed by atoms with Crippen molar-refractivity contribution in [3.05, 3.63) is 17.5 Å². The molecule has 1 atom stereocenters. The van der Waals surface area contributed by atoms with E-state index >= 15 is 0 Å². The molecule has 1 amide bonds. The van der Waals surface area contributed by atoms with Gasteiger partial charge in [0, 0.05) is 13.1 Å². The van der Waals surface area contributed by atoms with Crippen LogP contribution in [0.5, 0.6) is 0 Å². The molecule has 1 aromatic heterocycles. The van der Waals surface area contributed by atoms with Gasteiger partial charge in [0.25, 0.3) is 15.9 Å². The Morgan fingerprint density at radius 2 is 1.81 bits per heavy atom. The largest absolute Gasteiger partial charge is 0.454 e. The third-order valence-electron chi connectivity index (χ3n) is 4.51. The van der Waals surface area contributed by atoms with E-state index in [-0.39, 0.29) is 22.6 Å². The molecule has 152 valence electrons. The van der Waals surface area contributed by atoms with Crippen molar-refractivity contribution >= 4 is 33.2 Å². The molecule has 1 aliphatic rings. The topological polar surface area (TPSA) is 92.8 Å². The molecular formula is C18H28N2O5S2. The average molecular weight is 417 g/mol. The number of carbonyl (C=O) groups is 2. The normalized spacial score (nSPS) is 17.2. The summed E-state index contributed by atoms with van der Waals surface area (Å²) in [6.45, 7) is 4.44. The maximum absolute atomic E-state index is 12.4. The number of hydrogen-bond acceptors (Lipinski definition) is 6. The molecule has 9 heteroatoms. The van der Waals surface area contributed by atoms with E-state index in [0.717, 1.165) is 37.0 Å². The highest BCUT2D eigenvalue weighted by atomic mass is 32.2. The van der Waals surface area contributed by atoms with Gasteiger partial charge in [-0.15, -0.1) is 11.3 Å². The van der Waals surface area contributed by atoms with E-state index in [1.165, 1.54) is 12.5 Å². The second-order valence-electron chi connectivity index (χ2n) is 7.03. The quantitative estimate of drug-likeness (QED) is 0.689. The Balaban J connectivity index is 1.93. The summed E-state index contributed by atoms with van der Waals surface area (Å²) in [6.07, 6.45) is 5.30. The first-order valence-electron chi connectivity index (χ1n) is 9.31. The van der Waals surface area contributed by atoms with Crippen LogP contribution >= 0.6 is 11.3 Å². The van der Waals surface area contributed by atoms with Crippen LogP contribution in [0.3, 0.4) is 0 Å². The van der Waals surface area contributed by atoms with Crippen LogP contribution in [-0.4, -0.2) is 50.9 Å². The lowest BCUT2D eigenvalue weighted by atomic mass is 10.1. The number of amides is 1. The summed E-state index contributed by atoms with van der Waals surface area (Å²) in [5.41, 5.74) is 0. The van der Waals surface area contributed by atoms with Crippen LogP contribution in [-0.2, 0) is 24.3 Å². The number of ether oxygens (including phenoxy) is 1. The van der Waals surface area contributed by atoms with E-state index in [1.807, 2.05) is 0 Å². The lowest BCUT2D eigenvalue weighted by Gasteiger charge is -2.25. The molecule has 7 nitrogen and oxygen atoms in total. The number of hydrogen-bond donors (Lipinski definition) is 1. The maximum Gasteiger partial charge on any atom is 0.324 e. The summed E-state index contributed by atoms with van der Waals surface area (Å²) in [5.74, 6) is -1.27. The van der Waals surface area contributed by atoms with Crippen LogP contribution < -0.4 is 4.72 Å². The summed E-state index contributed by atoms with van der Waals surface area (Å²) >= 11 is 1.07. The highest BCUT2D eigenvalue weighted by Gasteiger charge is 2.31. The highest BCUT2D eigenvalue weighted by Crippen LogP contribution is 2.18. The number of sulfonamides is 1. The molecule has 1 N–H and O–H groups in total. The Morgan fingerprint density at radius 1 is 1.19 bits per heavy atom. The third kappa shape index (κ3) is 6.58. The SMILES string of the molecule is CC(C)[C@@H](NS(=O)(=O)c1cccs1)C(=O)OCC(=O)N1CCCCCCC1. The Labute approximate surface area is 165 Å². The van der Waals surface area contributed by atoms with E-state index in [1.54, 1.807) is 30.2 Å². The number of esters is 1. The van der Waals surface area contributed by atoms with Gasteiger partial charge >= 0.3 is 5.97 Å². The predicted molar refractivity (Wildman–Crippen MR) is 104 cm³/mol. The van der Waals surface area contributed by atoms with Gasteiger partial charge in [-0.25, -0.2) is 8.42 Å². The van der Waals surface area contributed by atoms with Crippen LogP contribution in [0.25, 0.3) is 0 Å². The van der Waals surface area contributed by atoms with Gasteiger partial charge in [0.15, 0.2) is 6.61 Å². The molecule has 0 unspecified atom stereocenters. The van der Waals surface area contributed by atoms with Crippen LogP contribution in [0.2, 0.25) is 0 Å². The van der Waals surface area contributed by atoms with Crippen molar-refractivity contribution in [2.75, 3.05) is 19.7 Å². The number of thiophene rings is 1. The zero-order valence-electron chi connectivity index (χ0n) is 15.8. The van der Waals surface area contributed by atoms with Gasteiger partial charge in [-0.1, -0.05) is 39.2 Å². The fraction of sp³-hybridized carbons (Fsp3) is 0.667. The Kier molecular flexibility index (Phi) is 8.25. The van der Waals surface area contributed by atoms with Crippen molar-refractivity contribution in [1.29, 1.82) is 0 Å². The summed E-state index contributed by atoms with van der Waals surface area (Å²) in [7, 11) is -3.80. The molecular weight excluding hydrogens is 388 g/mol. The number of carbonyl (C=O) groups excluding carboxylic acids is 2. The van der Waals surface area contributed by atoms with Crippen molar-refractivity contribution in [3.63, 3.8) is 0 Å². The zero-order valence-corrected chi connectivity index (χ0v) is 17.5. The van der Waals surface area contributed by atoms with Gasteiger partial charge in [0.05, 0.1) is 0 Å². The van der Waals surface area contributed by atoms with Crippen molar-refractivity contribution in [3.8, 4) is 0 Å². The van der Waals surface area contributed by atoms with Gasteiger partial charge in [-0.3, -0.25) is 9.59 Å². The second-order valence-corrected chi connectivity index (χ2v) is 9.92. The van der Waals surface area contributed by atoms with Crippen LogP contribution in [0.15, 0.2) is 21.7 Å². The summed E-state index contributed by atoms with van der Waals surface area (Å²) < 4.78 is 32.5. The molecule has 0 radical (unpaired) electrons. The minimum absolute atomic E-state index is 0.137. The fourth-order valence-corrected chi connectivity index (χ4v) is 5.25. The van der Waals surface area contributed by atoms with E-state index in [0.29, 0.717) is 13.1 Å². The number of rotatable bonds is 7. The highest BCUT2D eigenvalue weighted by molar-refractivity contribution is 7.91. The number of nitrogens with one attached hydrogen (secondary N) is 1.